The SMILES string of the molecule is O=C(CSc1ccc2nnc(-c3ccccc3)n2n1)N1CCOCC1. The molecule has 1 fully saturated rings. The van der Waals surface area contributed by atoms with E-state index >= 15 is 0 Å². The summed E-state index contributed by atoms with van der Waals surface area (Å²) >= 11 is 1.42. The molecule has 0 aliphatic carbocycles. The molecule has 0 N–H and O–H groups in total. The van der Waals surface area contributed by atoms with Crippen molar-refractivity contribution in [1.82, 2.24) is 24.7 Å². The van der Waals surface area contributed by atoms with Gasteiger partial charge in [0, 0.05) is 18.7 Å². The van der Waals surface area contributed by atoms with Gasteiger partial charge in [-0.1, -0.05) is 42.1 Å². The van der Waals surface area contributed by atoms with Crippen molar-refractivity contribution in [2.75, 3.05) is 32.1 Å². The van der Waals surface area contributed by atoms with Crippen LogP contribution < -0.4 is 0 Å². The molecule has 0 unspecified atom stereocenters. The number of hydrogen-bond donors (Lipinski definition) is 0. The molecule has 0 saturated carbocycles. The Balaban J connectivity index is 1.52. The fraction of sp³-hybridized carbons (Fsp3) is 0.294. The molecule has 0 bridgehead atoms. The van der Waals surface area contributed by atoms with Crippen molar-refractivity contribution in [2.45, 2.75) is 5.03 Å². The van der Waals surface area contributed by atoms with Gasteiger partial charge in [-0.05, 0) is 12.1 Å². The van der Waals surface area contributed by atoms with Crippen molar-refractivity contribution in [3.05, 3.63) is 42.5 Å². The van der Waals surface area contributed by atoms with Crippen LogP contribution in [0.2, 0.25) is 0 Å². The fourth-order valence-electron chi connectivity index (χ4n) is 2.66. The van der Waals surface area contributed by atoms with Crippen LogP contribution in [0.15, 0.2) is 47.5 Å². The van der Waals surface area contributed by atoms with Crippen molar-refractivity contribution in [2.24, 2.45) is 0 Å². The summed E-state index contributed by atoms with van der Waals surface area (Å²) in [5.74, 6) is 1.17. The zero-order valence-corrected chi connectivity index (χ0v) is 14.4. The van der Waals surface area contributed by atoms with Crippen LogP contribution in [-0.2, 0) is 9.53 Å². The normalized spacial score (nSPS) is 14.8. The number of amides is 1. The van der Waals surface area contributed by atoms with E-state index in [1.807, 2.05) is 47.4 Å². The van der Waals surface area contributed by atoms with Gasteiger partial charge in [0.05, 0.1) is 19.0 Å². The molecule has 8 heteroatoms. The molecule has 4 rings (SSSR count). The number of benzene rings is 1. The molecule has 0 atom stereocenters. The smallest absolute Gasteiger partial charge is 0.233 e. The summed E-state index contributed by atoms with van der Waals surface area (Å²) in [5, 5.41) is 13.7. The number of hydrogen-bond acceptors (Lipinski definition) is 6. The molecule has 7 nitrogen and oxygen atoms in total. The minimum atomic E-state index is 0.113. The van der Waals surface area contributed by atoms with E-state index < -0.39 is 0 Å². The summed E-state index contributed by atoms with van der Waals surface area (Å²) in [6.07, 6.45) is 0. The van der Waals surface area contributed by atoms with Gasteiger partial charge in [0.2, 0.25) is 5.91 Å². The molecule has 1 aliphatic rings. The van der Waals surface area contributed by atoms with E-state index in [9.17, 15) is 4.79 Å². The predicted octanol–water partition coefficient (Wildman–Crippen LogP) is 1.74. The minimum Gasteiger partial charge on any atom is -0.378 e. The molecule has 2 aromatic heterocycles. The van der Waals surface area contributed by atoms with Crippen LogP contribution in [0.4, 0.5) is 0 Å². The maximum absolute atomic E-state index is 12.3. The van der Waals surface area contributed by atoms with E-state index in [-0.39, 0.29) is 5.91 Å². The number of ether oxygens (including phenoxy) is 1. The first-order valence-electron chi connectivity index (χ1n) is 8.07. The molecule has 1 amide bonds. The molecule has 0 spiro atoms. The molecule has 3 heterocycles. The van der Waals surface area contributed by atoms with Crippen molar-refractivity contribution < 1.29 is 9.53 Å². The Morgan fingerprint density at radius 2 is 1.88 bits per heavy atom. The van der Waals surface area contributed by atoms with Crippen LogP contribution >= 0.6 is 11.8 Å². The zero-order valence-electron chi connectivity index (χ0n) is 13.5. The van der Waals surface area contributed by atoms with Gasteiger partial charge >= 0.3 is 0 Å². The van der Waals surface area contributed by atoms with Gasteiger partial charge in [-0.15, -0.1) is 10.2 Å². The average molecular weight is 355 g/mol. The summed E-state index contributed by atoms with van der Waals surface area (Å²) in [7, 11) is 0. The van der Waals surface area contributed by atoms with Gasteiger partial charge < -0.3 is 9.64 Å². The highest BCUT2D eigenvalue weighted by Crippen LogP contribution is 2.20. The third-order valence-corrected chi connectivity index (χ3v) is 4.88. The summed E-state index contributed by atoms with van der Waals surface area (Å²) in [6.45, 7) is 2.55. The number of carbonyl (C=O) groups is 1. The molecule has 128 valence electrons. The highest BCUT2D eigenvalue weighted by molar-refractivity contribution is 7.99. The van der Waals surface area contributed by atoms with Gasteiger partial charge in [0.15, 0.2) is 11.5 Å². The predicted molar refractivity (Wildman–Crippen MR) is 94.3 cm³/mol. The molecular formula is C17H17N5O2S. The first-order valence-corrected chi connectivity index (χ1v) is 9.06. The second-order valence-corrected chi connectivity index (χ2v) is 6.61. The number of thioether (sulfide) groups is 1. The van der Waals surface area contributed by atoms with E-state index in [1.54, 1.807) is 4.52 Å². The standard InChI is InChI=1S/C17H17N5O2S/c23-16(21-8-10-24-11-9-21)12-25-15-7-6-14-18-19-17(22(14)20-15)13-4-2-1-3-5-13/h1-7H,8-12H2. The van der Waals surface area contributed by atoms with E-state index in [0.717, 1.165) is 10.6 Å². The molecular weight excluding hydrogens is 338 g/mol. The Labute approximate surface area is 149 Å². The summed E-state index contributed by atoms with van der Waals surface area (Å²) in [6, 6.07) is 13.6. The van der Waals surface area contributed by atoms with Crippen molar-refractivity contribution in [1.29, 1.82) is 0 Å². The molecule has 1 aromatic carbocycles. The van der Waals surface area contributed by atoms with Gasteiger partial charge in [-0.3, -0.25) is 4.79 Å². The molecule has 0 radical (unpaired) electrons. The molecule has 1 saturated heterocycles. The zero-order chi connectivity index (χ0) is 17.1. The minimum absolute atomic E-state index is 0.113. The number of nitrogens with zero attached hydrogens (tertiary/aromatic N) is 5. The van der Waals surface area contributed by atoms with E-state index in [1.165, 1.54) is 11.8 Å². The maximum atomic E-state index is 12.3. The highest BCUT2D eigenvalue weighted by atomic mass is 32.2. The molecule has 3 aromatic rings. The first-order chi connectivity index (χ1) is 12.3. The Bertz CT molecular complexity index is 877. The van der Waals surface area contributed by atoms with Gasteiger partial charge in [-0.25, -0.2) is 0 Å². The van der Waals surface area contributed by atoms with Crippen LogP contribution in [0.3, 0.4) is 0 Å². The van der Waals surface area contributed by atoms with Crippen LogP contribution in [0.5, 0.6) is 0 Å². The Morgan fingerprint density at radius 1 is 1.08 bits per heavy atom. The lowest BCUT2D eigenvalue weighted by Gasteiger charge is -2.26. The first kappa shape index (κ1) is 16.0. The average Bonchev–Trinajstić information content (AvgIpc) is 3.10. The molecule has 25 heavy (non-hydrogen) atoms. The lowest BCUT2D eigenvalue weighted by Crippen LogP contribution is -2.41. The summed E-state index contributed by atoms with van der Waals surface area (Å²) in [5.41, 5.74) is 1.64. The van der Waals surface area contributed by atoms with E-state index in [0.29, 0.717) is 43.5 Å². The van der Waals surface area contributed by atoms with Gasteiger partial charge in [0.1, 0.15) is 5.03 Å². The number of morpholine rings is 1. The Morgan fingerprint density at radius 3 is 2.68 bits per heavy atom. The number of rotatable bonds is 4. The van der Waals surface area contributed by atoms with Crippen LogP contribution in [0.25, 0.3) is 17.0 Å². The fourth-order valence-corrected chi connectivity index (χ4v) is 3.41. The summed E-state index contributed by atoms with van der Waals surface area (Å²) in [4.78, 5) is 14.1. The van der Waals surface area contributed by atoms with Crippen molar-refractivity contribution >= 4 is 23.3 Å². The number of carbonyl (C=O) groups excluding carboxylic acids is 1. The van der Waals surface area contributed by atoms with Crippen LogP contribution in [0, 0.1) is 0 Å². The number of fused-ring (bicyclic) bond motifs is 1. The van der Waals surface area contributed by atoms with Crippen molar-refractivity contribution in [3.8, 4) is 11.4 Å². The lowest BCUT2D eigenvalue weighted by atomic mass is 10.2. The monoisotopic (exact) mass is 355 g/mol. The topological polar surface area (TPSA) is 72.6 Å². The third-order valence-electron chi connectivity index (χ3n) is 3.98. The Kier molecular flexibility index (Phi) is 4.62. The lowest BCUT2D eigenvalue weighted by molar-refractivity contribution is -0.132. The maximum Gasteiger partial charge on any atom is 0.233 e. The van der Waals surface area contributed by atoms with E-state index in [2.05, 4.69) is 15.3 Å². The second-order valence-electron chi connectivity index (χ2n) is 5.61. The van der Waals surface area contributed by atoms with Crippen LogP contribution in [-0.4, -0.2) is 62.7 Å². The number of aromatic nitrogens is 4. The summed E-state index contributed by atoms with van der Waals surface area (Å²) < 4.78 is 7.00. The van der Waals surface area contributed by atoms with E-state index in [4.69, 9.17) is 4.74 Å². The third kappa shape index (κ3) is 3.49. The second kappa shape index (κ2) is 7.20. The van der Waals surface area contributed by atoms with Crippen LogP contribution in [0.1, 0.15) is 0 Å². The van der Waals surface area contributed by atoms with Crippen molar-refractivity contribution in [3.63, 3.8) is 0 Å². The quantitative estimate of drug-likeness (QED) is 0.664. The highest BCUT2D eigenvalue weighted by Gasteiger charge is 2.17. The van der Waals surface area contributed by atoms with Gasteiger partial charge in [-0.2, -0.15) is 9.61 Å². The van der Waals surface area contributed by atoms with Gasteiger partial charge in [0.25, 0.3) is 0 Å². The largest absolute Gasteiger partial charge is 0.378 e. The Hall–Kier alpha value is -2.45. The molecule has 1 aliphatic heterocycles.